The highest BCUT2D eigenvalue weighted by molar-refractivity contribution is 6.23. The van der Waals surface area contributed by atoms with E-state index in [1.165, 1.54) is 19.2 Å². The fourth-order valence-corrected chi connectivity index (χ4v) is 10.8. The molecule has 5 aliphatic heterocycles. The maximum Gasteiger partial charge on any atom is 0.417 e. The molecule has 68 heavy (non-hydrogen) atoms. The molecule has 2 unspecified atom stereocenters. The second kappa shape index (κ2) is 21.1. The number of hydrogen-bond donors (Lipinski definition) is 2. The quantitative estimate of drug-likeness (QED) is 0.151. The number of rotatable bonds is 14. The highest BCUT2D eigenvalue weighted by Gasteiger charge is 2.43. The Bertz CT molecular complexity index is 2370. The van der Waals surface area contributed by atoms with Crippen LogP contribution in [0.3, 0.4) is 0 Å². The number of carbonyl (C=O) groups is 5. The van der Waals surface area contributed by atoms with E-state index in [0.29, 0.717) is 67.2 Å². The van der Waals surface area contributed by atoms with Gasteiger partial charge in [-0.2, -0.15) is 18.4 Å². The number of hydrogen-bond acceptors (Lipinski definition) is 12. The minimum absolute atomic E-state index is 0.0633. The Morgan fingerprint density at radius 1 is 0.809 bits per heavy atom. The van der Waals surface area contributed by atoms with Crippen molar-refractivity contribution in [3.05, 3.63) is 77.0 Å². The lowest BCUT2D eigenvalue weighted by Crippen LogP contribution is -2.54. The molecule has 2 atom stereocenters. The van der Waals surface area contributed by atoms with Crippen LogP contribution in [0.4, 0.5) is 36.1 Å². The van der Waals surface area contributed by atoms with Gasteiger partial charge < -0.3 is 35.0 Å². The third-order valence-electron chi connectivity index (χ3n) is 14.8. The molecule has 2 aromatic carbocycles. The fraction of sp³-hybridized carbons (Fsp3) is 0.540. The van der Waals surface area contributed by atoms with Gasteiger partial charge in [0.15, 0.2) is 0 Å². The molecule has 6 heterocycles. The first kappa shape index (κ1) is 48.4. The lowest BCUT2D eigenvalue weighted by Gasteiger charge is -2.44. The van der Waals surface area contributed by atoms with Gasteiger partial charge in [0.2, 0.25) is 11.8 Å². The van der Waals surface area contributed by atoms with Gasteiger partial charge in [-0.15, -0.1) is 0 Å². The molecule has 1 aromatic heterocycles. The number of amides is 4. The van der Waals surface area contributed by atoms with E-state index in [4.69, 9.17) is 5.26 Å². The molecule has 0 bridgehead atoms. The number of likely N-dealkylation sites (N-methyl/N-ethyl adjacent to an activating group) is 1. The minimum atomic E-state index is -4.62. The van der Waals surface area contributed by atoms with Gasteiger partial charge in [-0.1, -0.05) is 0 Å². The number of pyridine rings is 1. The molecule has 3 aromatic rings. The van der Waals surface area contributed by atoms with E-state index in [2.05, 4.69) is 42.1 Å². The van der Waals surface area contributed by atoms with Crippen LogP contribution in [0.5, 0.6) is 0 Å². The van der Waals surface area contributed by atoms with Crippen molar-refractivity contribution in [2.45, 2.75) is 76.6 Å². The lowest BCUT2D eigenvalue weighted by atomic mass is 9.93. The normalized spacial score (nSPS) is 20.9. The summed E-state index contributed by atoms with van der Waals surface area (Å²) in [6.07, 6.45) is 3.24. The molecule has 4 fully saturated rings. The molecule has 362 valence electrons. The smallest absolute Gasteiger partial charge is 0.371 e. The van der Waals surface area contributed by atoms with E-state index >= 15 is 0 Å². The Hall–Kier alpha value is -6.06. The Labute approximate surface area is 395 Å². The molecule has 18 heteroatoms. The predicted molar refractivity (Wildman–Crippen MR) is 251 cm³/mol. The molecule has 5 aliphatic rings. The van der Waals surface area contributed by atoms with Crippen LogP contribution >= 0.6 is 0 Å². The second-order valence-corrected chi connectivity index (χ2v) is 19.0. The average molecular weight is 939 g/mol. The molecule has 15 nitrogen and oxygen atoms in total. The van der Waals surface area contributed by atoms with Gasteiger partial charge >= 0.3 is 6.18 Å². The van der Waals surface area contributed by atoms with E-state index in [0.717, 1.165) is 107 Å². The molecular formula is C50H61F3N10O5. The van der Waals surface area contributed by atoms with E-state index in [1.807, 2.05) is 29.3 Å². The Kier molecular flexibility index (Phi) is 15.0. The summed E-state index contributed by atoms with van der Waals surface area (Å²) in [6.45, 7) is 12.1. The van der Waals surface area contributed by atoms with Crippen LogP contribution in [0, 0.1) is 29.1 Å². The topological polar surface area (TPSA) is 166 Å². The van der Waals surface area contributed by atoms with Gasteiger partial charge in [-0.25, -0.2) is 4.98 Å². The summed E-state index contributed by atoms with van der Waals surface area (Å²) < 4.78 is 40.5. The largest absolute Gasteiger partial charge is 0.417 e. The van der Waals surface area contributed by atoms with Crippen LogP contribution in [0.2, 0.25) is 0 Å². The summed E-state index contributed by atoms with van der Waals surface area (Å²) in [5, 5.41) is 14.6. The molecule has 4 saturated heterocycles. The van der Waals surface area contributed by atoms with Gasteiger partial charge in [-0.3, -0.25) is 29.0 Å². The molecule has 0 radical (unpaired) electrons. The molecule has 0 spiro atoms. The maximum absolute atomic E-state index is 13.5. The average Bonchev–Trinajstić information content (AvgIpc) is 3.60. The zero-order chi connectivity index (χ0) is 48.1. The molecular weight excluding hydrogens is 878 g/mol. The summed E-state index contributed by atoms with van der Waals surface area (Å²) in [4.78, 5) is 80.8. The summed E-state index contributed by atoms with van der Waals surface area (Å²) >= 11 is 0. The summed E-state index contributed by atoms with van der Waals surface area (Å²) in [7, 11) is 1.45. The van der Waals surface area contributed by atoms with E-state index in [-0.39, 0.29) is 30.2 Å². The van der Waals surface area contributed by atoms with Crippen molar-refractivity contribution in [3.63, 3.8) is 0 Å². The first-order chi connectivity index (χ1) is 32.7. The summed E-state index contributed by atoms with van der Waals surface area (Å²) in [5.74, 6) is -0.254. The highest BCUT2D eigenvalue weighted by atomic mass is 19.4. The number of nitriles is 1. The van der Waals surface area contributed by atoms with Gasteiger partial charge in [-0.05, 0) is 112 Å². The Balaban J connectivity index is 0.731. The maximum atomic E-state index is 13.5. The van der Waals surface area contributed by atoms with Gasteiger partial charge in [0, 0.05) is 109 Å². The van der Waals surface area contributed by atoms with Crippen LogP contribution in [0.25, 0.3) is 0 Å². The van der Waals surface area contributed by atoms with Crippen molar-refractivity contribution in [1.29, 1.82) is 5.26 Å². The fourth-order valence-electron chi connectivity index (χ4n) is 10.8. The number of fused-ring (bicyclic) bond motifs is 1. The van der Waals surface area contributed by atoms with E-state index in [1.54, 1.807) is 18.2 Å². The van der Waals surface area contributed by atoms with Crippen LogP contribution in [-0.2, 0) is 20.6 Å². The standard InChI is InChI=1S/C50H61F3N10O5/c1-33-30-58(23-24-62(33)32-35-13-17-59(18-14-35)38-7-9-41-42(26-38)49(68)63(48(41)67)44(4-3-25-64)47(66)55-2)31-34-11-19-61(20-12-34)40-8-10-45(56-29-40)57-46(65)36-15-21-60(22-16-36)39-6-5-37(28-54)43(27-39)50(51,52)53/h5-10,25-27,29,33-36,44H,3-4,11-24,30-32H2,1-2H3,(H,55,66)(H,56,57,65). The number of aldehydes is 1. The number of anilines is 4. The number of nitrogens with one attached hydrogen (secondary N) is 2. The molecule has 4 amide bonds. The highest BCUT2D eigenvalue weighted by Crippen LogP contribution is 2.36. The number of alkyl halides is 3. The van der Waals surface area contributed by atoms with E-state index in [9.17, 15) is 37.1 Å². The Morgan fingerprint density at radius 3 is 2.01 bits per heavy atom. The van der Waals surface area contributed by atoms with Crippen LogP contribution in [0.15, 0.2) is 54.7 Å². The zero-order valence-corrected chi connectivity index (χ0v) is 38.8. The second-order valence-electron chi connectivity index (χ2n) is 19.0. The van der Waals surface area contributed by atoms with Crippen molar-refractivity contribution in [1.82, 2.24) is 25.0 Å². The minimum Gasteiger partial charge on any atom is -0.371 e. The first-order valence-electron chi connectivity index (χ1n) is 24.0. The number of imide groups is 1. The number of piperidine rings is 3. The van der Waals surface area contributed by atoms with Crippen molar-refractivity contribution in [2.75, 3.05) is 99.1 Å². The number of aromatic nitrogens is 1. The number of halogens is 3. The van der Waals surface area contributed by atoms with Crippen molar-refractivity contribution in [3.8, 4) is 6.07 Å². The molecule has 8 rings (SSSR count). The van der Waals surface area contributed by atoms with Crippen molar-refractivity contribution in [2.24, 2.45) is 17.8 Å². The number of carbonyl (C=O) groups excluding carboxylic acids is 5. The summed E-state index contributed by atoms with van der Waals surface area (Å²) in [6, 6.07) is 14.0. The van der Waals surface area contributed by atoms with Crippen LogP contribution in [0.1, 0.15) is 90.1 Å². The molecule has 0 aliphatic carbocycles. The zero-order valence-electron chi connectivity index (χ0n) is 38.8. The predicted octanol–water partition coefficient (Wildman–Crippen LogP) is 5.66. The van der Waals surface area contributed by atoms with E-state index < -0.39 is 41.1 Å². The molecule has 0 saturated carbocycles. The van der Waals surface area contributed by atoms with Gasteiger partial charge in [0.25, 0.3) is 11.8 Å². The van der Waals surface area contributed by atoms with Crippen molar-refractivity contribution < 1.29 is 37.1 Å². The van der Waals surface area contributed by atoms with Crippen LogP contribution < -0.4 is 25.3 Å². The third kappa shape index (κ3) is 10.8. The number of piperazine rings is 1. The molecule has 2 N–H and O–H groups in total. The lowest BCUT2D eigenvalue weighted by molar-refractivity contribution is -0.137. The number of nitrogens with zero attached hydrogens (tertiary/aromatic N) is 8. The first-order valence-corrected chi connectivity index (χ1v) is 24.0. The van der Waals surface area contributed by atoms with Gasteiger partial charge in [0.05, 0.1) is 40.2 Å². The van der Waals surface area contributed by atoms with Gasteiger partial charge in [0.1, 0.15) is 18.1 Å². The summed E-state index contributed by atoms with van der Waals surface area (Å²) in [5.41, 5.74) is 1.54. The van der Waals surface area contributed by atoms with Crippen LogP contribution in [-0.4, -0.2) is 141 Å². The monoisotopic (exact) mass is 938 g/mol. The third-order valence-corrected chi connectivity index (χ3v) is 14.8. The Morgan fingerprint density at radius 2 is 1.41 bits per heavy atom. The number of benzene rings is 2. The van der Waals surface area contributed by atoms with Crippen molar-refractivity contribution >= 4 is 52.8 Å². The SMILES string of the molecule is CNC(=O)C(CCC=O)N1C(=O)c2ccc(N3CCC(CN4CCN(CC5CCN(c6ccc(NC(=O)C7CCN(c8ccc(C#N)c(C(F)(F)F)c8)CC7)nc6)CC5)CC4C)CC3)cc2C1=O.